The van der Waals surface area contributed by atoms with E-state index in [2.05, 4.69) is 10.3 Å². The summed E-state index contributed by atoms with van der Waals surface area (Å²) < 4.78 is 1.80. The molecule has 5 nitrogen and oxygen atoms in total. The Morgan fingerprint density at radius 3 is 2.89 bits per heavy atom. The van der Waals surface area contributed by atoms with Gasteiger partial charge in [0.25, 0.3) is 0 Å². The molecule has 5 heteroatoms. The van der Waals surface area contributed by atoms with Gasteiger partial charge in [0.05, 0.1) is 6.42 Å². The Hall–Kier alpha value is -2.30. The van der Waals surface area contributed by atoms with E-state index < -0.39 is 0 Å². The predicted octanol–water partition coefficient (Wildman–Crippen LogP) is 1.62. The molecule has 18 heavy (non-hydrogen) atoms. The first-order valence-corrected chi connectivity index (χ1v) is 5.62. The lowest BCUT2D eigenvalue weighted by Gasteiger charge is -2.07. The Labute approximate surface area is 105 Å². The Morgan fingerprint density at radius 1 is 1.50 bits per heavy atom. The number of aromatic nitrogens is 2. The Morgan fingerprint density at radius 2 is 2.28 bits per heavy atom. The Bertz CT molecular complexity index is 575. The number of hydrogen-bond donors (Lipinski definition) is 2. The van der Waals surface area contributed by atoms with Gasteiger partial charge in [-0.2, -0.15) is 0 Å². The van der Waals surface area contributed by atoms with Crippen molar-refractivity contribution in [1.82, 2.24) is 9.55 Å². The average Bonchev–Trinajstić information content (AvgIpc) is 2.70. The van der Waals surface area contributed by atoms with E-state index in [0.717, 1.165) is 5.56 Å². The maximum Gasteiger partial charge on any atom is 0.231 e. The summed E-state index contributed by atoms with van der Waals surface area (Å²) in [7, 11) is 1.84. The van der Waals surface area contributed by atoms with Crippen molar-refractivity contribution < 1.29 is 9.90 Å². The summed E-state index contributed by atoms with van der Waals surface area (Å²) in [6.07, 6.45) is 3.65. The van der Waals surface area contributed by atoms with Crippen LogP contribution >= 0.6 is 0 Å². The van der Waals surface area contributed by atoms with E-state index in [1.54, 1.807) is 36.0 Å². The quantitative estimate of drug-likeness (QED) is 0.863. The van der Waals surface area contributed by atoms with Crippen LogP contribution in [0, 0.1) is 6.92 Å². The summed E-state index contributed by atoms with van der Waals surface area (Å²) in [4.78, 5) is 15.9. The molecule has 0 fully saturated rings. The van der Waals surface area contributed by atoms with Crippen molar-refractivity contribution in [3.8, 4) is 5.75 Å². The molecule has 0 saturated carbocycles. The van der Waals surface area contributed by atoms with Crippen LogP contribution in [0.3, 0.4) is 0 Å². The van der Waals surface area contributed by atoms with Gasteiger partial charge in [-0.05, 0) is 18.6 Å². The number of aryl methyl sites for hydroxylation is 2. The number of phenolic OH excluding ortho intramolecular Hbond substituents is 1. The first kappa shape index (κ1) is 12.2. The van der Waals surface area contributed by atoms with Crippen LogP contribution in [0.5, 0.6) is 5.75 Å². The second-order valence-electron chi connectivity index (χ2n) is 4.18. The normalized spacial score (nSPS) is 10.3. The third kappa shape index (κ3) is 2.68. The summed E-state index contributed by atoms with van der Waals surface area (Å²) in [5.74, 6) is 0.709. The summed E-state index contributed by atoms with van der Waals surface area (Å²) >= 11 is 0. The summed E-state index contributed by atoms with van der Waals surface area (Å²) in [6, 6.07) is 5.04. The van der Waals surface area contributed by atoms with Gasteiger partial charge < -0.3 is 15.0 Å². The molecule has 2 aromatic rings. The van der Waals surface area contributed by atoms with Gasteiger partial charge in [-0.25, -0.2) is 4.98 Å². The maximum atomic E-state index is 11.8. The van der Waals surface area contributed by atoms with Crippen molar-refractivity contribution in [2.24, 2.45) is 7.05 Å². The number of aromatic hydroxyl groups is 1. The van der Waals surface area contributed by atoms with Gasteiger partial charge in [0.2, 0.25) is 5.91 Å². The van der Waals surface area contributed by atoms with Gasteiger partial charge in [0.15, 0.2) is 0 Å². The van der Waals surface area contributed by atoms with E-state index >= 15 is 0 Å². The largest absolute Gasteiger partial charge is 0.508 e. The molecule has 0 spiro atoms. The number of anilines is 1. The van der Waals surface area contributed by atoms with E-state index in [1.165, 1.54) is 6.07 Å². The molecule has 0 aliphatic rings. The van der Waals surface area contributed by atoms with E-state index in [-0.39, 0.29) is 18.1 Å². The molecule has 1 heterocycles. The van der Waals surface area contributed by atoms with Crippen LogP contribution in [0.1, 0.15) is 11.4 Å². The average molecular weight is 245 g/mol. The first-order valence-electron chi connectivity index (χ1n) is 5.62. The molecule has 0 aliphatic carbocycles. The molecular weight excluding hydrogens is 230 g/mol. The third-order valence-corrected chi connectivity index (χ3v) is 2.73. The van der Waals surface area contributed by atoms with Crippen molar-refractivity contribution in [2.45, 2.75) is 13.3 Å². The number of carbonyl (C=O) groups is 1. The number of carbonyl (C=O) groups excluding carboxylic acids is 1. The van der Waals surface area contributed by atoms with E-state index in [9.17, 15) is 9.90 Å². The minimum atomic E-state index is -0.160. The number of rotatable bonds is 3. The Balaban J connectivity index is 2.03. The summed E-state index contributed by atoms with van der Waals surface area (Å²) in [5, 5.41) is 12.3. The van der Waals surface area contributed by atoms with Crippen LogP contribution in [0.2, 0.25) is 0 Å². The zero-order valence-corrected chi connectivity index (χ0v) is 10.3. The number of imidazole rings is 1. The second kappa shape index (κ2) is 4.91. The molecule has 0 bridgehead atoms. The van der Waals surface area contributed by atoms with Crippen LogP contribution in [-0.2, 0) is 18.3 Å². The van der Waals surface area contributed by atoms with E-state index in [1.807, 2.05) is 7.05 Å². The van der Waals surface area contributed by atoms with Gasteiger partial charge in [-0.15, -0.1) is 0 Å². The van der Waals surface area contributed by atoms with Gasteiger partial charge in [0.1, 0.15) is 11.6 Å². The van der Waals surface area contributed by atoms with E-state index in [0.29, 0.717) is 11.5 Å². The van der Waals surface area contributed by atoms with Crippen LogP contribution < -0.4 is 5.32 Å². The fourth-order valence-electron chi connectivity index (χ4n) is 1.60. The zero-order chi connectivity index (χ0) is 13.1. The number of nitrogens with zero attached hydrogens (tertiary/aromatic N) is 2. The van der Waals surface area contributed by atoms with Crippen molar-refractivity contribution in [1.29, 1.82) is 0 Å². The lowest BCUT2D eigenvalue weighted by atomic mass is 10.2. The molecule has 1 aromatic heterocycles. The summed E-state index contributed by atoms with van der Waals surface area (Å²) in [6.45, 7) is 1.80. The standard InChI is InChI=1S/C13H15N3O2/c1-9-3-4-10(7-11(9)17)15-13(18)8-12-14-5-6-16(12)2/h3-7,17H,8H2,1-2H3,(H,15,18). The molecule has 2 rings (SSSR count). The molecule has 0 radical (unpaired) electrons. The van der Waals surface area contributed by atoms with Gasteiger partial charge in [-0.1, -0.05) is 6.07 Å². The topological polar surface area (TPSA) is 67.2 Å². The molecule has 2 N–H and O–H groups in total. The molecule has 0 saturated heterocycles. The molecule has 0 aliphatic heterocycles. The lowest BCUT2D eigenvalue weighted by Crippen LogP contribution is -2.16. The van der Waals surface area contributed by atoms with Gasteiger partial charge in [0, 0.05) is 31.2 Å². The van der Waals surface area contributed by atoms with Crippen LogP contribution in [-0.4, -0.2) is 20.6 Å². The van der Waals surface area contributed by atoms with E-state index in [4.69, 9.17) is 0 Å². The minimum absolute atomic E-state index is 0.160. The van der Waals surface area contributed by atoms with Crippen molar-refractivity contribution in [3.05, 3.63) is 42.0 Å². The van der Waals surface area contributed by atoms with Gasteiger partial charge >= 0.3 is 0 Å². The SMILES string of the molecule is Cc1ccc(NC(=O)Cc2nccn2C)cc1O. The highest BCUT2D eigenvalue weighted by Crippen LogP contribution is 2.20. The molecule has 1 amide bonds. The van der Waals surface area contributed by atoms with Crippen molar-refractivity contribution in [3.63, 3.8) is 0 Å². The number of hydrogen-bond acceptors (Lipinski definition) is 3. The molecule has 0 unspecified atom stereocenters. The number of benzene rings is 1. The number of phenols is 1. The fraction of sp³-hybridized carbons (Fsp3) is 0.231. The highest BCUT2D eigenvalue weighted by atomic mass is 16.3. The highest BCUT2D eigenvalue weighted by Gasteiger charge is 2.08. The Kier molecular flexibility index (Phi) is 3.32. The molecule has 0 atom stereocenters. The van der Waals surface area contributed by atoms with Crippen LogP contribution in [0.25, 0.3) is 0 Å². The third-order valence-electron chi connectivity index (χ3n) is 2.73. The highest BCUT2D eigenvalue weighted by molar-refractivity contribution is 5.92. The number of amides is 1. The molecule has 1 aromatic carbocycles. The van der Waals surface area contributed by atoms with Crippen molar-refractivity contribution in [2.75, 3.05) is 5.32 Å². The molecular formula is C13H15N3O2. The van der Waals surface area contributed by atoms with Crippen LogP contribution in [0.4, 0.5) is 5.69 Å². The van der Waals surface area contributed by atoms with Crippen molar-refractivity contribution >= 4 is 11.6 Å². The predicted molar refractivity (Wildman–Crippen MR) is 68.4 cm³/mol. The first-order chi connectivity index (χ1) is 8.56. The zero-order valence-electron chi connectivity index (χ0n) is 10.3. The van der Waals surface area contributed by atoms with Crippen LogP contribution in [0.15, 0.2) is 30.6 Å². The maximum absolute atomic E-state index is 11.8. The smallest absolute Gasteiger partial charge is 0.231 e. The number of nitrogens with one attached hydrogen (secondary N) is 1. The minimum Gasteiger partial charge on any atom is -0.508 e. The monoisotopic (exact) mass is 245 g/mol. The lowest BCUT2D eigenvalue weighted by molar-refractivity contribution is -0.115. The molecule has 94 valence electrons. The van der Waals surface area contributed by atoms with Gasteiger partial charge in [-0.3, -0.25) is 4.79 Å². The second-order valence-corrected chi connectivity index (χ2v) is 4.18. The fourth-order valence-corrected chi connectivity index (χ4v) is 1.60. The summed E-state index contributed by atoms with van der Waals surface area (Å²) in [5.41, 5.74) is 1.36.